The van der Waals surface area contributed by atoms with E-state index in [9.17, 15) is 4.39 Å². The standard InChI is InChI=1S/C13H11FN2OS/c1-17-13-3-2-10(5-12(13)14)16-7-11-4-9(6-15)8-18-11/h2-5,8,16H,7H2,1H3. The molecule has 2 rings (SSSR count). The second-order valence-corrected chi connectivity index (χ2v) is 4.61. The largest absolute Gasteiger partial charge is 0.494 e. The van der Waals surface area contributed by atoms with Crippen molar-refractivity contribution in [3.05, 3.63) is 45.9 Å². The smallest absolute Gasteiger partial charge is 0.167 e. The van der Waals surface area contributed by atoms with Crippen molar-refractivity contribution in [1.29, 1.82) is 5.26 Å². The van der Waals surface area contributed by atoms with Gasteiger partial charge in [-0.05, 0) is 18.2 Å². The minimum Gasteiger partial charge on any atom is -0.494 e. The van der Waals surface area contributed by atoms with Crippen molar-refractivity contribution in [2.24, 2.45) is 0 Å². The highest BCUT2D eigenvalue weighted by molar-refractivity contribution is 7.10. The highest BCUT2D eigenvalue weighted by atomic mass is 32.1. The van der Waals surface area contributed by atoms with Gasteiger partial charge in [-0.1, -0.05) is 0 Å². The van der Waals surface area contributed by atoms with Gasteiger partial charge in [-0.15, -0.1) is 11.3 Å². The molecule has 1 aromatic heterocycles. The summed E-state index contributed by atoms with van der Waals surface area (Å²) in [6.45, 7) is 0.568. The molecule has 5 heteroatoms. The van der Waals surface area contributed by atoms with E-state index < -0.39 is 5.82 Å². The van der Waals surface area contributed by atoms with Crippen molar-refractivity contribution in [3.8, 4) is 11.8 Å². The van der Waals surface area contributed by atoms with Gasteiger partial charge in [-0.2, -0.15) is 5.26 Å². The Balaban J connectivity index is 2.02. The lowest BCUT2D eigenvalue weighted by atomic mass is 10.2. The number of rotatable bonds is 4. The van der Waals surface area contributed by atoms with Crippen molar-refractivity contribution < 1.29 is 9.13 Å². The van der Waals surface area contributed by atoms with Crippen LogP contribution >= 0.6 is 11.3 Å². The molecule has 0 fully saturated rings. The lowest BCUT2D eigenvalue weighted by Gasteiger charge is -2.07. The predicted octanol–water partition coefficient (Wildman–Crippen LogP) is 3.38. The molecule has 0 bridgehead atoms. The van der Waals surface area contributed by atoms with Crippen LogP contribution in [0, 0.1) is 17.1 Å². The van der Waals surface area contributed by atoms with E-state index in [1.165, 1.54) is 24.5 Å². The van der Waals surface area contributed by atoms with Crippen LogP contribution in [0.4, 0.5) is 10.1 Å². The number of hydrogen-bond acceptors (Lipinski definition) is 4. The number of anilines is 1. The van der Waals surface area contributed by atoms with Gasteiger partial charge in [-0.25, -0.2) is 4.39 Å². The van der Waals surface area contributed by atoms with Gasteiger partial charge in [-0.3, -0.25) is 0 Å². The topological polar surface area (TPSA) is 45.0 Å². The van der Waals surface area contributed by atoms with Crippen LogP contribution in [0.5, 0.6) is 5.75 Å². The van der Waals surface area contributed by atoms with Crippen LogP contribution in [0.15, 0.2) is 29.6 Å². The summed E-state index contributed by atoms with van der Waals surface area (Å²) in [5.41, 5.74) is 1.33. The van der Waals surface area contributed by atoms with Gasteiger partial charge >= 0.3 is 0 Å². The van der Waals surface area contributed by atoms with Crippen LogP contribution < -0.4 is 10.1 Å². The van der Waals surface area contributed by atoms with Gasteiger partial charge in [0.25, 0.3) is 0 Å². The zero-order chi connectivity index (χ0) is 13.0. The van der Waals surface area contributed by atoms with Gasteiger partial charge in [0.1, 0.15) is 6.07 Å². The lowest BCUT2D eigenvalue weighted by molar-refractivity contribution is 0.386. The van der Waals surface area contributed by atoms with E-state index in [0.717, 1.165) is 4.88 Å². The van der Waals surface area contributed by atoms with E-state index in [0.29, 0.717) is 17.8 Å². The summed E-state index contributed by atoms with van der Waals surface area (Å²) >= 11 is 1.50. The second-order valence-electron chi connectivity index (χ2n) is 3.62. The molecule has 18 heavy (non-hydrogen) atoms. The Morgan fingerprint density at radius 3 is 2.89 bits per heavy atom. The molecule has 1 aromatic carbocycles. The molecule has 0 spiro atoms. The Kier molecular flexibility index (Phi) is 3.80. The minimum atomic E-state index is -0.397. The lowest BCUT2D eigenvalue weighted by Crippen LogP contribution is -1.98. The Bertz CT molecular complexity index is 589. The third-order valence-corrected chi connectivity index (χ3v) is 3.34. The van der Waals surface area contributed by atoms with Gasteiger partial charge in [0.15, 0.2) is 11.6 Å². The normalized spacial score (nSPS) is 9.83. The third kappa shape index (κ3) is 2.79. The Morgan fingerprint density at radius 1 is 1.44 bits per heavy atom. The van der Waals surface area contributed by atoms with Crippen molar-refractivity contribution in [1.82, 2.24) is 0 Å². The minimum absolute atomic E-state index is 0.225. The fourth-order valence-corrected chi connectivity index (χ4v) is 2.25. The maximum atomic E-state index is 13.4. The maximum absolute atomic E-state index is 13.4. The average Bonchev–Trinajstić information content (AvgIpc) is 2.84. The molecular formula is C13H11FN2OS. The first-order valence-corrected chi connectivity index (χ1v) is 6.16. The molecule has 0 aliphatic carbocycles. The zero-order valence-corrected chi connectivity index (χ0v) is 10.6. The van der Waals surface area contributed by atoms with Crippen molar-refractivity contribution in [3.63, 3.8) is 0 Å². The number of hydrogen-bond donors (Lipinski definition) is 1. The van der Waals surface area contributed by atoms with Gasteiger partial charge in [0.05, 0.1) is 12.7 Å². The molecule has 92 valence electrons. The van der Waals surface area contributed by atoms with Gasteiger partial charge in [0, 0.05) is 28.6 Å². The first-order chi connectivity index (χ1) is 8.72. The first-order valence-electron chi connectivity index (χ1n) is 5.28. The first kappa shape index (κ1) is 12.4. The number of nitriles is 1. The fourth-order valence-electron chi connectivity index (χ4n) is 1.50. The van der Waals surface area contributed by atoms with Crippen LogP contribution in [0.3, 0.4) is 0 Å². The Labute approximate surface area is 108 Å². The van der Waals surface area contributed by atoms with Crippen LogP contribution in [0.25, 0.3) is 0 Å². The quantitative estimate of drug-likeness (QED) is 0.918. The van der Waals surface area contributed by atoms with Crippen LogP contribution in [0.1, 0.15) is 10.4 Å². The summed E-state index contributed by atoms with van der Waals surface area (Å²) in [4.78, 5) is 1.03. The maximum Gasteiger partial charge on any atom is 0.167 e. The number of nitrogens with zero attached hydrogens (tertiary/aromatic N) is 1. The van der Waals surface area contributed by atoms with Crippen molar-refractivity contribution in [2.45, 2.75) is 6.54 Å². The zero-order valence-electron chi connectivity index (χ0n) is 9.74. The molecule has 0 aliphatic heterocycles. The highest BCUT2D eigenvalue weighted by Crippen LogP contribution is 2.22. The molecular weight excluding hydrogens is 251 g/mol. The van der Waals surface area contributed by atoms with Crippen LogP contribution in [0.2, 0.25) is 0 Å². The number of ether oxygens (including phenoxy) is 1. The Morgan fingerprint density at radius 2 is 2.28 bits per heavy atom. The molecule has 3 nitrogen and oxygen atoms in total. The molecule has 0 saturated carbocycles. The second kappa shape index (κ2) is 5.52. The summed E-state index contributed by atoms with van der Waals surface area (Å²) in [6.07, 6.45) is 0. The molecule has 1 heterocycles. The van der Waals surface area contributed by atoms with Crippen molar-refractivity contribution in [2.75, 3.05) is 12.4 Å². The average molecular weight is 262 g/mol. The molecule has 0 radical (unpaired) electrons. The monoisotopic (exact) mass is 262 g/mol. The number of halogens is 1. The number of nitrogens with one attached hydrogen (secondary N) is 1. The van der Waals surface area contributed by atoms with E-state index >= 15 is 0 Å². The van der Waals surface area contributed by atoms with Crippen LogP contribution in [-0.2, 0) is 6.54 Å². The summed E-state index contributed by atoms with van der Waals surface area (Å²) in [5, 5.41) is 13.6. The predicted molar refractivity (Wildman–Crippen MR) is 69.3 cm³/mol. The van der Waals surface area contributed by atoms with E-state index in [4.69, 9.17) is 10.00 Å². The molecule has 0 amide bonds. The summed E-state index contributed by atoms with van der Waals surface area (Å²) in [7, 11) is 1.43. The summed E-state index contributed by atoms with van der Waals surface area (Å²) in [6, 6.07) is 8.61. The molecule has 1 N–H and O–H groups in total. The molecule has 0 saturated heterocycles. The highest BCUT2D eigenvalue weighted by Gasteiger charge is 2.04. The van der Waals surface area contributed by atoms with Gasteiger partial charge < -0.3 is 10.1 Å². The number of methoxy groups -OCH3 is 1. The third-order valence-electron chi connectivity index (χ3n) is 2.40. The Hall–Kier alpha value is -2.06. The van der Waals surface area contributed by atoms with E-state index in [1.54, 1.807) is 17.5 Å². The summed E-state index contributed by atoms with van der Waals surface area (Å²) in [5.74, 6) is -0.171. The molecule has 0 atom stereocenters. The number of benzene rings is 1. The van der Waals surface area contributed by atoms with E-state index in [-0.39, 0.29) is 5.75 Å². The van der Waals surface area contributed by atoms with E-state index in [2.05, 4.69) is 11.4 Å². The van der Waals surface area contributed by atoms with Crippen molar-refractivity contribution >= 4 is 17.0 Å². The number of thiophene rings is 1. The SMILES string of the molecule is COc1ccc(NCc2cc(C#N)cs2)cc1F. The van der Waals surface area contributed by atoms with Gasteiger partial charge in [0.2, 0.25) is 0 Å². The molecule has 0 aliphatic rings. The molecule has 2 aromatic rings. The summed E-state index contributed by atoms with van der Waals surface area (Å²) < 4.78 is 18.3. The molecule has 0 unspecified atom stereocenters. The van der Waals surface area contributed by atoms with E-state index in [1.807, 2.05) is 6.07 Å². The van der Waals surface area contributed by atoms with Crippen LogP contribution in [-0.4, -0.2) is 7.11 Å². The fraction of sp³-hybridized carbons (Fsp3) is 0.154.